The van der Waals surface area contributed by atoms with Crippen LogP contribution in [0.1, 0.15) is 51.1 Å². The predicted octanol–water partition coefficient (Wildman–Crippen LogP) is 2.49. The zero-order valence-electron chi connectivity index (χ0n) is 12.6. The van der Waals surface area contributed by atoms with Gasteiger partial charge in [0.2, 0.25) is 0 Å². The molecule has 20 heavy (non-hydrogen) atoms. The second kappa shape index (κ2) is 9.37. The highest BCUT2D eigenvalue weighted by molar-refractivity contribution is 5.70. The highest BCUT2D eigenvalue weighted by atomic mass is 16.5. The molecule has 0 aliphatic carbocycles. The topological polar surface area (TPSA) is 63.2 Å². The van der Waals surface area contributed by atoms with E-state index in [-0.39, 0.29) is 12.0 Å². The minimum atomic E-state index is -0.201. The van der Waals surface area contributed by atoms with Crippen LogP contribution in [0.15, 0.2) is 24.3 Å². The van der Waals surface area contributed by atoms with Gasteiger partial charge >= 0.3 is 5.97 Å². The molecule has 1 aromatic carbocycles. The zero-order valence-corrected chi connectivity index (χ0v) is 12.6. The van der Waals surface area contributed by atoms with E-state index in [1.807, 2.05) is 24.3 Å². The molecule has 0 fully saturated rings. The van der Waals surface area contributed by atoms with Gasteiger partial charge in [-0.05, 0) is 37.6 Å². The number of esters is 1. The Morgan fingerprint density at radius 2 is 1.90 bits per heavy atom. The van der Waals surface area contributed by atoms with Gasteiger partial charge in [-0.1, -0.05) is 19.8 Å². The Labute approximate surface area is 121 Å². The van der Waals surface area contributed by atoms with E-state index in [9.17, 15) is 4.79 Å². The molecule has 0 radical (unpaired) electrons. The lowest BCUT2D eigenvalue weighted by Gasteiger charge is -2.10. The highest BCUT2D eigenvalue weighted by Crippen LogP contribution is 2.18. The van der Waals surface area contributed by atoms with Crippen LogP contribution in [0.4, 0.5) is 0 Å². The molecule has 0 saturated carbocycles. The van der Waals surface area contributed by atoms with E-state index in [1.165, 1.54) is 12.8 Å². The first kappa shape index (κ1) is 16.5. The first-order chi connectivity index (χ1) is 9.67. The van der Waals surface area contributed by atoms with Crippen LogP contribution in [0, 0.1) is 0 Å². The summed E-state index contributed by atoms with van der Waals surface area (Å²) in [6, 6.07) is 7.72. The number of carbonyl (C=O) groups excluding carboxylic acids is 1. The third kappa shape index (κ3) is 6.06. The molecule has 0 aliphatic rings. The summed E-state index contributed by atoms with van der Waals surface area (Å²) in [5.41, 5.74) is 5.03. The summed E-state index contributed by atoms with van der Waals surface area (Å²) in [5, 5.41) is 0. The number of benzene rings is 1. The van der Waals surface area contributed by atoms with Crippen molar-refractivity contribution in [2.24, 2.45) is 0 Å². The van der Waals surface area contributed by atoms with Crippen molar-refractivity contribution in [3.05, 3.63) is 29.8 Å². The summed E-state index contributed by atoms with van der Waals surface area (Å²) >= 11 is 0. The number of unbranched alkanes of at least 4 members (excludes halogenated alkanes) is 2. The molecule has 0 amide bonds. The van der Waals surface area contributed by atoms with Crippen molar-refractivity contribution in [1.29, 1.82) is 0 Å². The zero-order chi connectivity index (χ0) is 14.8. The third-order valence-electron chi connectivity index (χ3n) is 3.09. The second-order valence-electron chi connectivity index (χ2n) is 4.83. The number of quaternary nitrogens is 1. The Balaban J connectivity index is 2.42. The molecule has 112 valence electrons. The van der Waals surface area contributed by atoms with Crippen molar-refractivity contribution in [2.45, 2.75) is 45.6 Å². The minimum absolute atomic E-state index is 0.0804. The van der Waals surface area contributed by atoms with Gasteiger partial charge in [-0.15, -0.1) is 0 Å². The lowest BCUT2D eigenvalue weighted by Crippen LogP contribution is -2.54. The maximum Gasteiger partial charge on any atom is 0.312 e. The summed E-state index contributed by atoms with van der Waals surface area (Å²) in [6.07, 6.45) is 3.78. The predicted molar refractivity (Wildman–Crippen MR) is 78.3 cm³/mol. The maximum atomic E-state index is 11.4. The smallest absolute Gasteiger partial charge is 0.312 e. The van der Waals surface area contributed by atoms with E-state index < -0.39 is 0 Å². The van der Waals surface area contributed by atoms with Crippen LogP contribution >= 0.6 is 0 Å². The normalized spacial score (nSPS) is 11.9. The lowest BCUT2D eigenvalue weighted by atomic mass is 10.0. The molecule has 0 unspecified atom stereocenters. The molecule has 0 saturated heterocycles. The third-order valence-corrected chi connectivity index (χ3v) is 3.09. The fourth-order valence-electron chi connectivity index (χ4n) is 1.92. The Morgan fingerprint density at radius 1 is 1.20 bits per heavy atom. The largest absolute Gasteiger partial charge is 0.494 e. The van der Waals surface area contributed by atoms with Crippen LogP contribution in [-0.2, 0) is 9.53 Å². The van der Waals surface area contributed by atoms with Gasteiger partial charge in [-0.3, -0.25) is 4.79 Å². The number of carbonyl (C=O) groups is 1. The highest BCUT2D eigenvalue weighted by Gasteiger charge is 2.15. The molecule has 0 aliphatic heterocycles. The summed E-state index contributed by atoms with van der Waals surface area (Å²) in [6.45, 7) is 5.15. The number of rotatable bonds is 9. The molecule has 1 aromatic rings. The van der Waals surface area contributed by atoms with Gasteiger partial charge in [0, 0.05) is 5.56 Å². The van der Waals surface area contributed by atoms with E-state index >= 15 is 0 Å². The molecule has 4 nitrogen and oxygen atoms in total. The van der Waals surface area contributed by atoms with Crippen LogP contribution in [0.3, 0.4) is 0 Å². The quantitative estimate of drug-likeness (QED) is 0.558. The summed E-state index contributed by atoms with van der Waals surface area (Å²) in [5.74, 6) is 0.667. The van der Waals surface area contributed by atoms with Crippen LogP contribution in [0.2, 0.25) is 0 Å². The fraction of sp³-hybridized carbons (Fsp3) is 0.562. The van der Waals surface area contributed by atoms with Gasteiger partial charge in [0.1, 0.15) is 18.2 Å². The Bertz CT molecular complexity index is 389. The van der Waals surface area contributed by atoms with E-state index in [0.717, 1.165) is 24.3 Å². The van der Waals surface area contributed by atoms with E-state index in [0.29, 0.717) is 13.0 Å². The van der Waals surface area contributed by atoms with Crippen LogP contribution in [0.25, 0.3) is 0 Å². The SMILES string of the molecule is CCCCCOc1ccc([C@H]([NH3+])CC(=O)OCC)cc1. The number of ether oxygens (including phenoxy) is 2. The van der Waals surface area contributed by atoms with E-state index in [2.05, 4.69) is 12.7 Å². The van der Waals surface area contributed by atoms with E-state index in [4.69, 9.17) is 9.47 Å². The molecule has 1 rings (SSSR count). The first-order valence-corrected chi connectivity index (χ1v) is 7.38. The Morgan fingerprint density at radius 3 is 2.50 bits per heavy atom. The number of hydrogen-bond acceptors (Lipinski definition) is 3. The van der Waals surface area contributed by atoms with Crippen LogP contribution in [-0.4, -0.2) is 19.2 Å². The molecule has 0 bridgehead atoms. The average molecular weight is 280 g/mol. The standard InChI is InChI=1S/C16H25NO3/c1-3-5-6-11-20-14-9-7-13(8-10-14)15(17)12-16(18)19-4-2/h7-10,15H,3-6,11-12,17H2,1-2H3/p+1/t15-/m1/s1. The summed E-state index contributed by atoms with van der Waals surface area (Å²) in [7, 11) is 0. The first-order valence-electron chi connectivity index (χ1n) is 7.38. The van der Waals surface area contributed by atoms with Crippen LogP contribution in [0.5, 0.6) is 5.75 Å². The minimum Gasteiger partial charge on any atom is -0.494 e. The molecule has 0 spiro atoms. The molecular weight excluding hydrogens is 254 g/mol. The van der Waals surface area contributed by atoms with Gasteiger partial charge in [0.25, 0.3) is 0 Å². The Hall–Kier alpha value is -1.55. The molecule has 1 atom stereocenters. The van der Waals surface area contributed by atoms with Gasteiger partial charge in [-0.2, -0.15) is 0 Å². The van der Waals surface area contributed by atoms with Crippen molar-refractivity contribution >= 4 is 5.97 Å². The van der Waals surface area contributed by atoms with Crippen molar-refractivity contribution in [3.63, 3.8) is 0 Å². The summed E-state index contributed by atoms with van der Waals surface area (Å²) in [4.78, 5) is 11.4. The number of hydrogen-bond donors (Lipinski definition) is 1. The maximum absolute atomic E-state index is 11.4. The monoisotopic (exact) mass is 280 g/mol. The van der Waals surface area contributed by atoms with E-state index in [1.54, 1.807) is 6.92 Å². The van der Waals surface area contributed by atoms with Gasteiger partial charge in [0.15, 0.2) is 0 Å². The molecule has 4 heteroatoms. The van der Waals surface area contributed by atoms with Crippen molar-refractivity contribution < 1.29 is 20.0 Å². The van der Waals surface area contributed by atoms with Crippen molar-refractivity contribution in [2.75, 3.05) is 13.2 Å². The summed E-state index contributed by atoms with van der Waals surface area (Å²) < 4.78 is 10.6. The van der Waals surface area contributed by atoms with Crippen LogP contribution < -0.4 is 10.5 Å². The van der Waals surface area contributed by atoms with Crippen molar-refractivity contribution in [3.8, 4) is 5.75 Å². The Kier molecular flexibility index (Phi) is 7.73. The van der Waals surface area contributed by atoms with Gasteiger partial charge < -0.3 is 15.2 Å². The molecule has 0 aromatic heterocycles. The molecule has 0 heterocycles. The fourth-order valence-corrected chi connectivity index (χ4v) is 1.92. The van der Waals surface area contributed by atoms with Crippen molar-refractivity contribution in [1.82, 2.24) is 0 Å². The molecule has 3 N–H and O–H groups in total. The average Bonchev–Trinajstić information content (AvgIpc) is 2.44. The second-order valence-corrected chi connectivity index (χ2v) is 4.83. The lowest BCUT2D eigenvalue weighted by molar-refractivity contribution is -0.425. The molecular formula is C16H26NO3+. The van der Waals surface area contributed by atoms with Gasteiger partial charge in [0.05, 0.1) is 13.2 Å². The van der Waals surface area contributed by atoms with Gasteiger partial charge in [-0.25, -0.2) is 0 Å².